The van der Waals surface area contributed by atoms with E-state index in [1.165, 1.54) is 0 Å². The van der Waals surface area contributed by atoms with Gasteiger partial charge >= 0.3 is 5.97 Å². The molecule has 1 heterocycles. The first-order valence-corrected chi connectivity index (χ1v) is 7.25. The van der Waals surface area contributed by atoms with Gasteiger partial charge in [-0.25, -0.2) is 14.8 Å². The third-order valence-electron chi connectivity index (χ3n) is 3.06. The van der Waals surface area contributed by atoms with Gasteiger partial charge in [-0.15, -0.1) is 0 Å². The van der Waals surface area contributed by atoms with E-state index in [-0.39, 0.29) is 17.3 Å². The molecule has 0 N–H and O–H groups in total. The van der Waals surface area contributed by atoms with Crippen molar-refractivity contribution in [3.63, 3.8) is 0 Å². The van der Waals surface area contributed by atoms with E-state index in [2.05, 4.69) is 9.97 Å². The first-order chi connectivity index (χ1) is 10.1. The summed E-state index contributed by atoms with van der Waals surface area (Å²) in [6.07, 6.45) is 0.579. The number of ether oxygens (including phenoxy) is 1. The van der Waals surface area contributed by atoms with E-state index in [0.29, 0.717) is 17.9 Å². The Morgan fingerprint density at radius 3 is 2.43 bits per heavy atom. The minimum atomic E-state index is -0.477. The van der Waals surface area contributed by atoms with Crippen molar-refractivity contribution >= 4 is 17.6 Å². The van der Waals surface area contributed by atoms with Crippen LogP contribution in [0.2, 0.25) is 5.15 Å². The van der Waals surface area contributed by atoms with E-state index >= 15 is 0 Å². The van der Waals surface area contributed by atoms with Crippen LogP contribution in [0.1, 0.15) is 35.5 Å². The normalized spacial score (nSPS) is 10.5. The topological polar surface area (TPSA) is 52.1 Å². The average molecular weight is 305 g/mol. The number of rotatable bonds is 4. The number of aryl methyl sites for hydroxylation is 2. The molecule has 2 rings (SSSR count). The van der Waals surface area contributed by atoms with Gasteiger partial charge in [0.05, 0.1) is 12.3 Å². The number of benzene rings is 1. The van der Waals surface area contributed by atoms with Crippen LogP contribution in [0.5, 0.6) is 0 Å². The second kappa shape index (κ2) is 6.68. The Morgan fingerprint density at radius 2 is 1.86 bits per heavy atom. The highest BCUT2D eigenvalue weighted by Crippen LogP contribution is 2.24. The van der Waals surface area contributed by atoms with E-state index in [1.54, 1.807) is 6.92 Å². The first-order valence-electron chi connectivity index (χ1n) is 6.87. The fourth-order valence-electron chi connectivity index (χ4n) is 1.97. The molecule has 1 aromatic heterocycles. The highest BCUT2D eigenvalue weighted by Gasteiger charge is 2.20. The molecular formula is C16H17ClN2O2. The number of carbonyl (C=O) groups excluding carboxylic acids is 1. The Balaban J connectivity index is 2.50. The summed E-state index contributed by atoms with van der Waals surface area (Å²) in [6, 6.07) is 7.84. The van der Waals surface area contributed by atoms with Crippen LogP contribution in [0.3, 0.4) is 0 Å². The van der Waals surface area contributed by atoms with Gasteiger partial charge in [0.2, 0.25) is 0 Å². The van der Waals surface area contributed by atoms with Crippen molar-refractivity contribution in [2.24, 2.45) is 0 Å². The minimum Gasteiger partial charge on any atom is -0.462 e. The molecule has 0 bridgehead atoms. The van der Waals surface area contributed by atoms with Crippen molar-refractivity contribution < 1.29 is 9.53 Å². The van der Waals surface area contributed by atoms with Crippen molar-refractivity contribution in [3.8, 4) is 11.4 Å². The van der Waals surface area contributed by atoms with Crippen LogP contribution in [0.4, 0.5) is 0 Å². The van der Waals surface area contributed by atoms with E-state index in [9.17, 15) is 4.79 Å². The van der Waals surface area contributed by atoms with Gasteiger partial charge in [-0.05, 0) is 20.3 Å². The van der Waals surface area contributed by atoms with Crippen LogP contribution in [0.25, 0.3) is 11.4 Å². The predicted molar refractivity (Wildman–Crippen MR) is 82.5 cm³/mol. The van der Waals surface area contributed by atoms with Crippen molar-refractivity contribution in [2.45, 2.75) is 27.2 Å². The van der Waals surface area contributed by atoms with Crippen molar-refractivity contribution in [3.05, 3.63) is 46.2 Å². The fraction of sp³-hybridized carbons (Fsp3) is 0.312. The van der Waals surface area contributed by atoms with Crippen LogP contribution >= 0.6 is 11.6 Å². The van der Waals surface area contributed by atoms with Gasteiger partial charge in [0.15, 0.2) is 5.82 Å². The second-order valence-electron chi connectivity index (χ2n) is 4.60. The molecule has 4 nitrogen and oxygen atoms in total. The molecule has 1 aromatic carbocycles. The molecule has 21 heavy (non-hydrogen) atoms. The SMILES string of the molecule is CCOC(=O)c1c(Cl)nc(-c2ccc(C)cc2)nc1CC. The van der Waals surface area contributed by atoms with Gasteiger partial charge in [-0.1, -0.05) is 48.4 Å². The Kier molecular flexibility index (Phi) is 4.91. The number of hydrogen-bond donors (Lipinski definition) is 0. The number of aromatic nitrogens is 2. The molecule has 2 aromatic rings. The summed E-state index contributed by atoms with van der Waals surface area (Å²) in [5.74, 6) is 0.0414. The predicted octanol–water partition coefficient (Wildman–Crippen LogP) is 3.84. The van der Waals surface area contributed by atoms with E-state index in [0.717, 1.165) is 11.1 Å². The zero-order chi connectivity index (χ0) is 15.4. The van der Waals surface area contributed by atoms with Gasteiger partial charge in [0, 0.05) is 5.56 Å². The highest BCUT2D eigenvalue weighted by molar-refractivity contribution is 6.32. The standard InChI is InChI=1S/C16H17ClN2O2/c1-4-12-13(16(20)21-5-2)14(17)19-15(18-12)11-8-6-10(3)7-9-11/h6-9H,4-5H2,1-3H3. The largest absolute Gasteiger partial charge is 0.462 e. The summed E-state index contributed by atoms with van der Waals surface area (Å²) in [5, 5.41) is 0.135. The molecule has 0 aliphatic carbocycles. The molecule has 0 saturated carbocycles. The van der Waals surface area contributed by atoms with E-state index in [1.807, 2.05) is 38.1 Å². The Labute approximate surface area is 129 Å². The minimum absolute atomic E-state index is 0.135. The van der Waals surface area contributed by atoms with E-state index < -0.39 is 5.97 Å². The van der Waals surface area contributed by atoms with Gasteiger partial charge < -0.3 is 4.74 Å². The van der Waals surface area contributed by atoms with Crippen molar-refractivity contribution in [1.29, 1.82) is 0 Å². The first kappa shape index (κ1) is 15.4. The van der Waals surface area contributed by atoms with Crippen LogP contribution < -0.4 is 0 Å². The molecule has 0 atom stereocenters. The zero-order valence-electron chi connectivity index (χ0n) is 12.3. The van der Waals surface area contributed by atoms with Crippen LogP contribution in [0.15, 0.2) is 24.3 Å². The van der Waals surface area contributed by atoms with Gasteiger partial charge in [0.1, 0.15) is 10.7 Å². The van der Waals surface area contributed by atoms with Crippen LogP contribution in [-0.4, -0.2) is 22.5 Å². The van der Waals surface area contributed by atoms with Gasteiger partial charge in [-0.3, -0.25) is 0 Å². The molecule has 0 aliphatic heterocycles. The monoisotopic (exact) mass is 304 g/mol. The summed E-state index contributed by atoms with van der Waals surface area (Å²) >= 11 is 6.17. The lowest BCUT2D eigenvalue weighted by Gasteiger charge is -2.10. The third kappa shape index (κ3) is 3.39. The fourth-order valence-corrected chi connectivity index (χ4v) is 2.24. The molecule has 0 fully saturated rings. The van der Waals surface area contributed by atoms with Gasteiger partial charge in [0.25, 0.3) is 0 Å². The highest BCUT2D eigenvalue weighted by atomic mass is 35.5. The number of halogens is 1. The molecule has 0 amide bonds. The average Bonchev–Trinajstić information content (AvgIpc) is 2.47. The molecule has 0 radical (unpaired) electrons. The molecular weight excluding hydrogens is 288 g/mol. The molecule has 5 heteroatoms. The lowest BCUT2D eigenvalue weighted by atomic mass is 10.1. The number of carbonyl (C=O) groups is 1. The lowest BCUT2D eigenvalue weighted by molar-refractivity contribution is 0.0524. The number of hydrogen-bond acceptors (Lipinski definition) is 4. The zero-order valence-corrected chi connectivity index (χ0v) is 13.1. The Hall–Kier alpha value is -1.94. The molecule has 0 saturated heterocycles. The number of esters is 1. The Bertz CT molecular complexity index is 654. The lowest BCUT2D eigenvalue weighted by Crippen LogP contribution is -2.12. The summed E-state index contributed by atoms with van der Waals surface area (Å²) < 4.78 is 5.01. The molecule has 0 spiro atoms. The van der Waals surface area contributed by atoms with Crippen molar-refractivity contribution in [1.82, 2.24) is 9.97 Å². The van der Waals surface area contributed by atoms with Gasteiger partial charge in [-0.2, -0.15) is 0 Å². The Morgan fingerprint density at radius 1 is 1.19 bits per heavy atom. The summed E-state index contributed by atoms with van der Waals surface area (Å²) in [4.78, 5) is 20.6. The van der Waals surface area contributed by atoms with Crippen molar-refractivity contribution in [2.75, 3.05) is 6.61 Å². The van der Waals surface area contributed by atoms with Crippen LogP contribution in [0, 0.1) is 6.92 Å². The smallest absolute Gasteiger partial charge is 0.343 e. The summed E-state index contributed by atoms with van der Waals surface area (Å²) in [7, 11) is 0. The van der Waals surface area contributed by atoms with E-state index in [4.69, 9.17) is 16.3 Å². The van der Waals surface area contributed by atoms with Crippen LogP contribution in [-0.2, 0) is 11.2 Å². The summed E-state index contributed by atoms with van der Waals surface area (Å²) in [6.45, 7) is 5.97. The maximum absolute atomic E-state index is 12.0. The summed E-state index contributed by atoms with van der Waals surface area (Å²) in [5.41, 5.74) is 2.89. The maximum atomic E-state index is 12.0. The maximum Gasteiger partial charge on any atom is 0.343 e. The number of nitrogens with zero attached hydrogens (tertiary/aromatic N) is 2. The molecule has 110 valence electrons. The second-order valence-corrected chi connectivity index (χ2v) is 4.96. The molecule has 0 unspecified atom stereocenters. The quantitative estimate of drug-likeness (QED) is 0.636. The molecule has 0 aliphatic rings. The third-order valence-corrected chi connectivity index (χ3v) is 3.34.